The fourth-order valence-corrected chi connectivity index (χ4v) is 2.68. The molecule has 0 aliphatic rings. The fraction of sp³-hybridized carbons (Fsp3) is 0.571. The highest BCUT2D eigenvalue weighted by Crippen LogP contribution is 2.24. The Morgan fingerprint density at radius 3 is 2.57 bits per heavy atom. The van der Waals surface area contributed by atoms with Gasteiger partial charge in [0.15, 0.2) is 0 Å². The first-order valence-electron chi connectivity index (χ1n) is 6.87. The highest BCUT2D eigenvalue weighted by molar-refractivity contribution is 7.89. The first-order valence-corrected chi connectivity index (χ1v) is 8.36. The molecule has 0 saturated heterocycles. The number of nitrogens with two attached hydrogens (primary N) is 1. The number of methoxy groups -OCH3 is 1. The van der Waals surface area contributed by atoms with E-state index in [1.807, 2.05) is 0 Å². The lowest BCUT2D eigenvalue weighted by Crippen LogP contribution is -2.27. The molecule has 0 amide bonds. The molecule has 7 heteroatoms. The maximum Gasteiger partial charge on any atom is 0.240 e. The predicted molar refractivity (Wildman–Crippen MR) is 82.9 cm³/mol. The molecule has 0 bridgehead atoms. The minimum absolute atomic E-state index is 0.114. The third kappa shape index (κ3) is 5.91. The first-order chi connectivity index (χ1) is 9.86. The number of nitrogens with one attached hydrogen (secondary N) is 1. The molecule has 0 unspecified atom stereocenters. The van der Waals surface area contributed by atoms with Crippen LogP contribution < -0.4 is 15.2 Å². The van der Waals surface area contributed by atoms with E-state index in [2.05, 4.69) is 18.6 Å². The minimum Gasteiger partial charge on any atom is -0.495 e. The van der Waals surface area contributed by atoms with Gasteiger partial charge in [-0.25, -0.2) is 13.1 Å². The van der Waals surface area contributed by atoms with Crippen molar-refractivity contribution in [3.63, 3.8) is 0 Å². The van der Waals surface area contributed by atoms with E-state index in [9.17, 15) is 8.42 Å². The monoisotopic (exact) mass is 316 g/mol. The number of hydrogen-bond donors (Lipinski definition) is 2. The third-order valence-electron chi connectivity index (χ3n) is 2.89. The van der Waals surface area contributed by atoms with Gasteiger partial charge < -0.3 is 15.2 Å². The highest BCUT2D eigenvalue weighted by atomic mass is 32.2. The van der Waals surface area contributed by atoms with Crippen LogP contribution in [0.25, 0.3) is 0 Å². The SMILES string of the molecule is COc1ccc(S(=O)(=O)NCCOCCC(C)C)cc1N. The van der Waals surface area contributed by atoms with Crippen molar-refractivity contribution < 1.29 is 17.9 Å². The van der Waals surface area contributed by atoms with Crippen molar-refractivity contribution >= 4 is 15.7 Å². The standard InChI is InChI=1S/C14H24N2O4S/c1-11(2)6-8-20-9-7-16-21(17,18)12-4-5-14(19-3)13(15)10-12/h4-5,10-11,16H,6-9,15H2,1-3H3. The summed E-state index contributed by atoms with van der Waals surface area (Å²) in [6.07, 6.45) is 0.960. The van der Waals surface area contributed by atoms with Gasteiger partial charge in [0.25, 0.3) is 0 Å². The summed E-state index contributed by atoms with van der Waals surface area (Å²) in [6, 6.07) is 4.36. The van der Waals surface area contributed by atoms with E-state index >= 15 is 0 Å². The molecule has 0 aliphatic carbocycles. The quantitative estimate of drug-likeness (QED) is 0.533. The Balaban J connectivity index is 2.48. The van der Waals surface area contributed by atoms with Crippen molar-refractivity contribution in [2.45, 2.75) is 25.2 Å². The molecule has 0 heterocycles. The zero-order valence-electron chi connectivity index (χ0n) is 12.8. The lowest BCUT2D eigenvalue weighted by Gasteiger charge is -2.10. The molecule has 0 radical (unpaired) electrons. The molecule has 120 valence electrons. The second kappa shape index (κ2) is 8.21. The van der Waals surface area contributed by atoms with Crippen LogP contribution in [-0.2, 0) is 14.8 Å². The molecular formula is C14H24N2O4S. The van der Waals surface area contributed by atoms with Gasteiger partial charge in [-0.2, -0.15) is 0 Å². The Labute approximate surface area is 126 Å². The number of nitrogen functional groups attached to an aromatic ring is 1. The summed E-state index contributed by atoms with van der Waals surface area (Å²) < 4.78 is 37.0. The van der Waals surface area contributed by atoms with Crippen molar-refractivity contribution in [1.29, 1.82) is 0 Å². The van der Waals surface area contributed by atoms with Gasteiger partial charge in [-0.1, -0.05) is 13.8 Å². The zero-order valence-corrected chi connectivity index (χ0v) is 13.6. The summed E-state index contributed by atoms with van der Waals surface area (Å²) in [4.78, 5) is 0.114. The van der Waals surface area contributed by atoms with Crippen molar-refractivity contribution in [2.24, 2.45) is 5.92 Å². The summed E-state index contributed by atoms with van der Waals surface area (Å²) >= 11 is 0. The summed E-state index contributed by atoms with van der Waals surface area (Å²) in [6.45, 7) is 5.43. The molecule has 0 fully saturated rings. The summed E-state index contributed by atoms with van der Waals surface area (Å²) in [5.74, 6) is 1.02. The molecule has 1 rings (SSSR count). The molecule has 0 aliphatic heterocycles. The fourth-order valence-electron chi connectivity index (χ4n) is 1.63. The third-order valence-corrected chi connectivity index (χ3v) is 4.35. The van der Waals surface area contributed by atoms with Crippen LogP contribution in [0.5, 0.6) is 5.75 Å². The largest absolute Gasteiger partial charge is 0.495 e. The van der Waals surface area contributed by atoms with Crippen molar-refractivity contribution in [3.05, 3.63) is 18.2 Å². The van der Waals surface area contributed by atoms with Crippen LogP contribution in [0.4, 0.5) is 5.69 Å². The van der Waals surface area contributed by atoms with Crippen LogP contribution >= 0.6 is 0 Å². The van der Waals surface area contributed by atoms with Crippen molar-refractivity contribution in [2.75, 3.05) is 32.6 Å². The smallest absolute Gasteiger partial charge is 0.240 e. The molecule has 0 saturated carbocycles. The Morgan fingerprint density at radius 2 is 2.00 bits per heavy atom. The van der Waals surface area contributed by atoms with Gasteiger partial charge in [-0.3, -0.25) is 0 Å². The molecule has 6 nitrogen and oxygen atoms in total. The van der Waals surface area contributed by atoms with Gasteiger partial charge in [-0.05, 0) is 30.5 Å². The summed E-state index contributed by atoms with van der Waals surface area (Å²) in [7, 11) is -2.10. The van der Waals surface area contributed by atoms with Crippen LogP contribution in [0.3, 0.4) is 0 Å². The topological polar surface area (TPSA) is 90.7 Å². The summed E-state index contributed by atoms with van der Waals surface area (Å²) in [5, 5.41) is 0. The van der Waals surface area contributed by atoms with Crippen LogP contribution in [0.15, 0.2) is 23.1 Å². The predicted octanol–water partition coefficient (Wildman–Crippen LogP) is 1.62. The van der Waals surface area contributed by atoms with Crippen LogP contribution in [0, 0.1) is 5.92 Å². The van der Waals surface area contributed by atoms with E-state index in [-0.39, 0.29) is 17.1 Å². The lowest BCUT2D eigenvalue weighted by molar-refractivity contribution is 0.128. The maximum absolute atomic E-state index is 12.1. The first kappa shape index (κ1) is 17.7. The van der Waals surface area contributed by atoms with Gasteiger partial charge in [0, 0.05) is 13.2 Å². The normalized spacial score (nSPS) is 11.8. The average molecular weight is 316 g/mol. The molecular weight excluding hydrogens is 292 g/mol. The number of sulfonamides is 1. The molecule has 1 aromatic carbocycles. The highest BCUT2D eigenvalue weighted by Gasteiger charge is 2.15. The van der Waals surface area contributed by atoms with Gasteiger partial charge in [0.05, 0.1) is 24.3 Å². The van der Waals surface area contributed by atoms with Gasteiger partial charge in [0.1, 0.15) is 5.75 Å². The Morgan fingerprint density at radius 1 is 1.29 bits per heavy atom. The lowest BCUT2D eigenvalue weighted by atomic mass is 10.1. The molecule has 0 atom stereocenters. The van der Waals surface area contributed by atoms with Crippen molar-refractivity contribution in [1.82, 2.24) is 4.72 Å². The molecule has 0 aromatic heterocycles. The second-order valence-electron chi connectivity index (χ2n) is 5.10. The maximum atomic E-state index is 12.1. The van der Waals surface area contributed by atoms with Crippen LogP contribution in [0.1, 0.15) is 20.3 Å². The van der Waals surface area contributed by atoms with E-state index < -0.39 is 10.0 Å². The van der Waals surface area contributed by atoms with Crippen LogP contribution in [0.2, 0.25) is 0 Å². The molecule has 1 aromatic rings. The Kier molecular flexibility index (Phi) is 6.94. The van der Waals surface area contributed by atoms with E-state index in [0.29, 0.717) is 24.9 Å². The molecule has 0 spiro atoms. The van der Waals surface area contributed by atoms with E-state index in [4.69, 9.17) is 15.2 Å². The Hall–Kier alpha value is -1.31. The van der Waals surface area contributed by atoms with Gasteiger partial charge >= 0.3 is 0 Å². The Bertz CT molecular complexity index is 544. The average Bonchev–Trinajstić information content (AvgIpc) is 2.42. The van der Waals surface area contributed by atoms with E-state index in [1.54, 1.807) is 0 Å². The number of ether oxygens (including phenoxy) is 2. The molecule has 3 N–H and O–H groups in total. The number of anilines is 1. The molecule has 21 heavy (non-hydrogen) atoms. The number of benzene rings is 1. The number of hydrogen-bond acceptors (Lipinski definition) is 5. The van der Waals surface area contributed by atoms with E-state index in [1.165, 1.54) is 25.3 Å². The van der Waals surface area contributed by atoms with Gasteiger partial charge in [-0.15, -0.1) is 0 Å². The zero-order chi connectivity index (χ0) is 15.9. The van der Waals surface area contributed by atoms with Crippen LogP contribution in [-0.4, -0.2) is 35.3 Å². The number of rotatable bonds is 9. The summed E-state index contributed by atoms with van der Waals surface area (Å²) in [5.41, 5.74) is 6.00. The second-order valence-corrected chi connectivity index (χ2v) is 6.86. The van der Waals surface area contributed by atoms with Crippen molar-refractivity contribution in [3.8, 4) is 5.75 Å². The van der Waals surface area contributed by atoms with E-state index in [0.717, 1.165) is 6.42 Å². The minimum atomic E-state index is -3.58. The van der Waals surface area contributed by atoms with Gasteiger partial charge in [0.2, 0.25) is 10.0 Å².